The Morgan fingerprint density at radius 3 is 2.19 bits per heavy atom. The van der Waals surface area contributed by atoms with Gasteiger partial charge in [0.2, 0.25) is 10.0 Å². The molecule has 1 saturated heterocycles. The van der Waals surface area contributed by atoms with Crippen LogP contribution in [0.3, 0.4) is 0 Å². The zero-order valence-electron chi connectivity index (χ0n) is 15.2. The van der Waals surface area contributed by atoms with Gasteiger partial charge in [0.05, 0.1) is 5.75 Å². The van der Waals surface area contributed by atoms with Crippen molar-refractivity contribution >= 4 is 15.7 Å². The zero-order chi connectivity index (χ0) is 18.4. The Morgan fingerprint density at radius 1 is 0.923 bits per heavy atom. The minimum Gasteiger partial charge on any atom is -0.489 e. The van der Waals surface area contributed by atoms with Gasteiger partial charge in [0, 0.05) is 31.9 Å². The van der Waals surface area contributed by atoms with Crippen LogP contribution in [0.5, 0.6) is 5.75 Å². The standard InChI is InChI=1S/C20H26N2O3S/c1-2-16-26(23,24)22-14-12-21(13-15-22)19-8-10-20(11-9-19)25-17-18-6-4-3-5-7-18/h3-11H,2,12-17H2,1H3. The van der Waals surface area contributed by atoms with E-state index in [0.29, 0.717) is 39.2 Å². The summed E-state index contributed by atoms with van der Waals surface area (Å²) in [4.78, 5) is 2.22. The summed E-state index contributed by atoms with van der Waals surface area (Å²) in [6.07, 6.45) is 0.660. The first-order chi connectivity index (χ1) is 12.6. The fourth-order valence-electron chi connectivity index (χ4n) is 3.11. The van der Waals surface area contributed by atoms with Crippen LogP contribution in [0.25, 0.3) is 0 Å². The Hall–Kier alpha value is -2.05. The molecule has 0 amide bonds. The van der Waals surface area contributed by atoms with E-state index in [4.69, 9.17) is 4.74 Å². The maximum absolute atomic E-state index is 12.2. The van der Waals surface area contributed by atoms with Crippen LogP contribution in [0.1, 0.15) is 18.9 Å². The van der Waals surface area contributed by atoms with Gasteiger partial charge in [-0.15, -0.1) is 0 Å². The molecule has 1 aliphatic rings. The van der Waals surface area contributed by atoms with E-state index in [1.165, 1.54) is 0 Å². The second kappa shape index (κ2) is 8.56. The van der Waals surface area contributed by atoms with E-state index < -0.39 is 10.0 Å². The molecule has 140 valence electrons. The lowest BCUT2D eigenvalue weighted by Gasteiger charge is -2.35. The van der Waals surface area contributed by atoms with Crippen LogP contribution in [0.2, 0.25) is 0 Å². The molecule has 0 N–H and O–H groups in total. The van der Waals surface area contributed by atoms with Gasteiger partial charge < -0.3 is 9.64 Å². The number of benzene rings is 2. The number of hydrogen-bond donors (Lipinski definition) is 0. The maximum atomic E-state index is 12.2. The molecule has 2 aromatic rings. The highest BCUT2D eigenvalue weighted by Crippen LogP contribution is 2.22. The van der Waals surface area contributed by atoms with Crippen LogP contribution in [0.15, 0.2) is 54.6 Å². The SMILES string of the molecule is CCCS(=O)(=O)N1CCN(c2ccc(OCc3ccccc3)cc2)CC1. The molecule has 0 bridgehead atoms. The van der Waals surface area contributed by atoms with E-state index in [-0.39, 0.29) is 5.75 Å². The van der Waals surface area contributed by atoms with E-state index in [1.807, 2.05) is 61.5 Å². The lowest BCUT2D eigenvalue weighted by Crippen LogP contribution is -2.49. The van der Waals surface area contributed by atoms with Crippen molar-refractivity contribution in [3.63, 3.8) is 0 Å². The molecular weight excluding hydrogens is 348 g/mol. The summed E-state index contributed by atoms with van der Waals surface area (Å²) in [5.74, 6) is 1.07. The molecule has 0 saturated carbocycles. The third kappa shape index (κ3) is 4.77. The predicted molar refractivity (Wildman–Crippen MR) is 105 cm³/mol. The van der Waals surface area contributed by atoms with Crippen LogP contribution in [-0.4, -0.2) is 44.7 Å². The third-order valence-electron chi connectivity index (χ3n) is 4.54. The molecule has 0 spiro atoms. The van der Waals surface area contributed by atoms with Crippen LogP contribution in [0.4, 0.5) is 5.69 Å². The zero-order valence-corrected chi connectivity index (χ0v) is 16.0. The van der Waals surface area contributed by atoms with E-state index in [1.54, 1.807) is 4.31 Å². The van der Waals surface area contributed by atoms with Gasteiger partial charge in [0.25, 0.3) is 0 Å². The van der Waals surface area contributed by atoms with Gasteiger partial charge in [-0.3, -0.25) is 0 Å². The summed E-state index contributed by atoms with van der Waals surface area (Å²) in [5.41, 5.74) is 2.24. The molecule has 0 radical (unpaired) electrons. The molecule has 1 heterocycles. The fourth-order valence-corrected chi connectivity index (χ4v) is 4.60. The van der Waals surface area contributed by atoms with E-state index in [0.717, 1.165) is 17.0 Å². The molecule has 0 aromatic heterocycles. The second-order valence-corrected chi connectivity index (χ2v) is 8.56. The van der Waals surface area contributed by atoms with Crippen molar-refractivity contribution in [2.24, 2.45) is 0 Å². The smallest absolute Gasteiger partial charge is 0.214 e. The molecule has 1 aliphatic heterocycles. The van der Waals surface area contributed by atoms with Crippen molar-refractivity contribution in [2.75, 3.05) is 36.8 Å². The molecule has 1 fully saturated rings. The Balaban J connectivity index is 1.53. The largest absolute Gasteiger partial charge is 0.489 e. The first-order valence-corrected chi connectivity index (χ1v) is 10.7. The normalized spacial score (nSPS) is 15.8. The molecule has 5 nitrogen and oxygen atoms in total. The summed E-state index contributed by atoms with van der Waals surface area (Å²) in [7, 11) is -3.09. The quantitative estimate of drug-likeness (QED) is 0.747. The van der Waals surface area contributed by atoms with Crippen LogP contribution < -0.4 is 9.64 Å². The van der Waals surface area contributed by atoms with Crippen molar-refractivity contribution in [1.29, 1.82) is 0 Å². The number of sulfonamides is 1. The van der Waals surface area contributed by atoms with Gasteiger partial charge in [-0.25, -0.2) is 8.42 Å². The van der Waals surface area contributed by atoms with Gasteiger partial charge in [-0.1, -0.05) is 37.3 Å². The van der Waals surface area contributed by atoms with Crippen LogP contribution >= 0.6 is 0 Å². The number of piperazine rings is 1. The summed E-state index contributed by atoms with van der Waals surface area (Å²) in [5, 5.41) is 0. The predicted octanol–water partition coefficient (Wildman–Crippen LogP) is 3.13. The lowest BCUT2D eigenvalue weighted by molar-refractivity contribution is 0.306. The average molecular weight is 375 g/mol. The van der Waals surface area contributed by atoms with Gasteiger partial charge in [-0.2, -0.15) is 4.31 Å². The average Bonchev–Trinajstić information content (AvgIpc) is 2.68. The minimum atomic E-state index is -3.09. The highest BCUT2D eigenvalue weighted by Gasteiger charge is 2.26. The molecule has 6 heteroatoms. The van der Waals surface area contributed by atoms with Crippen molar-refractivity contribution in [1.82, 2.24) is 4.31 Å². The highest BCUT2D eigenvalue weighted by molar-refractivity contribution is 7.89. The van der Waals surface area contributed by atoms with E-state index >= 15 is 0 Å². The molecular formula is C20H26N2O3S. The van der Waals surface area contributed by atoms with E-state index in [9.17, 15) is 8.42 Å². The Kier molecular flexibility index (Phi) is 6.16. The Labute approximate surface area is 156 Å². The number of ether oxygens (including phenoxy) is 1. The fraction of sp³-hybridized carbons (Fsp3) is 0.400. The molecule has 2 aromatic carbocycles. The van der Waals surface area contributed by atoms with Gasteiger partial charge in [-0.05, 0) is 36.2 Å². The summed E-state index contributed by atoms with van der Waals surface area (Å²) in [6, 6.07) is 18.1. The highest BCUT2D eigenvalue weighted by atomic mass is 32.2. The summed E-state index contributed by atoms with van der Waals surface area (Å²) in [6.45, 7) is 4.98. The maximum Gasteiger partial charge on any atom is 0.214 e. The first kappa shape index (κ1) is 18.7. The monoisotopic (exact) mass is 374 g/mol. The van der Waals surface area contributed by atoms with Crippen molar-refractivity contribution in [3.05, 3.63) is 60.2 Å². The number of rotatable bonds is 7. The van der Waals surface area contributed by atoms with Gasteiger partial charge in [0.15, 0.2) is 0 Å². The third-order valence-corrected chi connectivity index (χ3v) is 6.62. The van der Waals surface area contributed by atoms with Gasteiger partial charge in [0.1, 0.15) is 12.4 Å². The molecule has 3 rings (SSSR count). The molecule has 0 atom stereocenters. The number of hydrogen-bond acceptors (Lipinski definition) is 4. The molecule has 0 aliphatic carbocycles. The van der Waals surface area contributed by atoms with E-state index in [2.05, 4.69) is 4.90 Å². The van der Waals surface area contributed by atoms with Crippen molar-refractivity contribution in [2.45, 2.75) is 20.0 Å². The molecule has 26 heavy (non-hydrogen) atoms. The van der Waals surface area contributed by atoms with Crippen LogP contribution in [0, 0.1) is 0 Å². The van der Waals surface area contributed by atoms with Crippen molar-refractivity contribution < 1.29 is 13.2 Å². The first-order valence-electron chi connectivity index (χ1n) is 9.08. The van der Waals surface area contributed by atoms with Crippen LogP contribution in [-0.2, 0) is 16.6 Å². The number of anilines is 1. The summed E-state index contributed by atoms with van der Waals surface area (Å²) >= 11 is 0. The lowest BCUT2D eigenvalue weighted by atomic mass is 10.2. The second-order valence-electron chi connectivity index (χ2n) is 6.47. The molecule has 0 unspecified atom stereocenters. The minimum absolute atomic E-state index is 0.237. The topological polar surface area (TPSA) is 49.9 Å². The Morgan fingerprint density at radius 2 is 1.58 bits per heavy atom. The Bertz CT molecular complexity index is 784. The summed E-state index contributed by atoms with van der Waals surface area (Å²) < 4.78 is 31.7. The van der Waals surface area contributed by atoms with Crippen molar-refractivity contribution in [3.8, 4) is 5.75 Å². The van der Waals surface area contributed by atoms with Gasteiger partial charge >= 0.3 is 0 Å². The number of nitrogens with zero attached hydrogens (tertiary/aromatic N) is 2.